The largest absolute Gasteiger partial charge is 0.489 e. The van der Waals surface area contributed by atoms with Crippen molar-refractivity contribution in [2.24, 2.45) is 0 Å². The van der Waals surface area contributed by atoms with Gasteiger partial charge in [0.2, 0.25) is 6.41 Å². The Morgan fingerprint density at radius 3 is 2.68 bits per heavy atom. The molecule has 2 aromatic carbocycles. The van der Waals surface area contributed by atoms with Crippen LogP contribution in [0.15, 0.2) is 59.5 Å². The quantitative estimate of drug-likeness (QED) is 0.328. The van der Waals surface area contributed by atoms with Crippen molar-refractivity contribution in [1.29, 1.82) is 0 Å². The van der Waals surface area contributed by atoms with Crippen molar-refractivity contribution in [2.75, 3.05) is 13.1 Å². The number of aryl methyl sites for hydroxylation is 1. The van der Waals surface area contributed by atoms with Crippen molar-refractivity contribution in [1.82, 2.24) is 15.4 Å². The lowest BCUT2D eigenvalue weighted by atomic mass is 10.1. The molecule has 1 aromatic heterocycles. The standard InChI is InChI=1S/C22H23N3O5S/c1-15-10-16(19-4-2-3-5-20(19)24-15)13-30-17-6-8-18(9-7-17)31(28,29)22-12-23-11-21(22)25(27)14-26/h2-10,14,21-23,27H,11-13H2,1H3. The van der Waals surface area contributed by atoms with Crippen LogP contribution in [0.3, 0.4) is 0 Å². The van der Waals surface area contributed by atoms with Gasteiger partial charge in [-0.15, -0.1) is 0 Å². The SMILES string of the molecule is Cc1cc(COc2ccc(S(=O)(=O)C3CNCC3N(O)C=O)cc2)c2ccccc2n1. The zero-order valence-corrected chi connectivity index (χ0v) is 17.7. The van der Waals surface area contributed by atoms with Crippen molar-refractivity contribution in [3.8, 4) is 5.75 Å². The number of hydrogen-bond donors (Lipinski definition) is 2. The number of benzene rings is 2. The number of nitrogens with one attached hydrogen (secondary N) is 1. The molecule has 2 N–H and O–H groups in total. The number of nitrogens with zero attached hydrogens (tertiary/aromatic N) is 2. The molecule has 2 atom stereocenters. The highest BCUT2D eigenvalue weighted by Crippen LogP contribution is 2.26. The van der Waals surface area contributed by atoms with Gasteiger partial charge in [-0.2, -0.15) is 0 Å². The van der Waals surface area contributed by atoms with E-state index in [1.165, 1.54) is 12.1 Å². The molecule has 0 saturated carbocycles. The van der Waals surface area contributed by atoms with E-state index in [9.17, 15) is 18.4 Å². The molecule has 3 aromatic rings. The van der Waals surface area contributed by atoms with Crippen LogP contribution in [0.1, 0.15) is 11.3 Å². The van der Waals surface area contributed by atoms with Crippen LogP contribution in [0, 0.1) is 6.92 Å². The smallest absolute Gasteiger partial charge is 0.233 e. The summed E-state index contributed by atoms with van der Waals surface area (Å²) in [6.07, 6.45) is 0.224. The molecule has 9 heteroatoms. The third-order valence-corrected chi connectivity index (χ3v) is 7.66. The van der Waals surface area contributed by atoms with E-state index in [1.54, 1.807) is 12.1 Å². The van der Waals surface area contributed by atoms with Gasteiger partial charge >= 0.3 is 0 Å². The number of amides is 1. The van der Waals surface area contributed by atoms with E-state index in [4.69, 9.17) is 4.74 Å². The number of hydroxylamine groups is 2. The molecule has 1 aliphatic heterocycles. The van der Waals surface area contributed by atoms with Gasteiger partial charge in [-0.05, 0) is 43.3 Å². The second-order valence-electron chi connectivity index (χ2n) is 7.49. The van der Waals surface area contributed by atoms with Crippen molar-refractivity contribution in [2.45, 2.75) is 29.7 Å². The van der Waals surface area contributed by atoms with E-state index in [0.29, 0.717) is 17.4 Å². The van der Waals surface area contributed by atoms with Crippen molar-refractivity contribution >= 4 is 27.2 Å². The highest BCUT2D eigenvalue weighted by Gasteiger charge is 2.41. The molecule has 31 heavy (non-hydrogen) atoms. The molecular weight excluding hydrogens is 418 g/mol. The van der Waals surface area contributed by atoms with Crippen LogP contribution >= 0.6 is 0 Å². The number of ether oxygens (including phenoxy) is 1. The number of rotatable bonds is 7. The van der Waals surface area contributed by atoms with Gasteiger partial charge in [-0.1, -0.05) is 18.2 Å². The molecule has 1 fully saturated rings. The minimum Gasteiger partial charge on any atom is -0.489 e. The third-order valence-electron chi connectivity index (χ3n) is 5.45. The highest BCUT2D eigenvalue weighted by molar-refractivity contribution is 7.92. The van der Waals surface area contributed by atoms with E-state index in [2.05, 4.69) is 10.3 Å². The summed E-state index contributed by atoms with van der Waals surface area (Å²) in [7, 11) is -3.75. The van der Waals surface area contributed by atoms with Crippen LogP contribution in [0.5, 0.6) is 5.75 Å². The Hall–Kier alpha value is -3.01. The summed E-state index contributed by atoms with van der Waals surface area (Å²) in [6, 6.07) is 15.2. The van der Waals surface area contributed by atoms with E-state index in [1.807, 2.05) is 37.3 Å². The van der Waals surface area contributed by atoms with Crippen LogP contribution in [0.4, 0.5) is 0 Å². The zero-order chi connectivity index (χ0) is 22.0. The first-order valence-electron chi connectivity index (χ1n) is 9.85. The maximum Gasteiger partial charge on any atom is 0.233 e. The molecule has 1 aliphatic rings. The second-order valence-corrected chi connectivity index (χ2v) is 9.66. The Morgan fingerprint density at radius 2 is 1.94 bits per heavy atom. The summed E-state index contributed by atoms with van der Waals surface area (Å²) in [6.45, 7) is 2.62. The van der Waals surface area contributed by atoms with Gasteiger partial charge in [0, 0.05) is 29.7 Å². The lowest BCUT2D eigenvalue weighted by Gasteiger charge is -2.23. The first-order chi connectivity index (χ1) is 14.9. The van der Waals surface area contributed by atoms with Crippen LogP contribution in [-0.2, 0) is 21.2 Å². The van der Waals surface area contributed by atoms with Crippen LogP contribution < -0.4 is 10.1 Å². The summed E-state index contributed by atoms with van der Waals surface area (Å²) in [4.78, 5) is 15.5. The predicted molar refractivity (Wildman–Crippen MR) is 115 cm³/mol. The second kappa shape index (κ2) is 8.62. The number of aromatic nitrogens is 1. The third kappa shape index (κ3) is 4.25. The molecule has 0 radical (unpaired) electrons. The molecule has 2 unspecified atom stereocenters. The summed E-state index contributed by atoms with van der Waals surface area (Å²) in [5.41, 5.74) is 2.79. The van der Waals surface area contributed by atoms with Crippen molar-refractivity contribution in [3.63, 3.8) is 0 Å². The Labute approximate surface area is 180 Å². The lowest BCUT2D eigenvalue weighted by Crippen LogP contribution is -2.44. The minimum atomic E-state index is -3.75. The van der Waals surface area contributed by atoms with Crippen molar-refractivity contribution < 1.29 is 23.2 Å². The number of fused-ring (bicyclic) bond motifs is 1. The molecular formula is C22H23N3O5S. The zero-order valence-electron chi connectivity index (χ0n) is 16.9. The minimum absolute atomic E-state index is 0.114. The molecule has 1 saturated heterocycles. The fourth-order valence-electron chi connectivity index (χ4n) is 3.88. The van der Waals surface area contributed by atoms with Gasteiger partial charge in [0.05, 0.1) is 16.5 Å². The first-order valence-corrected chi connectivity index (χ1v) is 11.4. The average Bonchev–Trinajstić information content (AvgIpc) is 3.28. The van der Waals surface area contributed by atoms with Gasteiger partial charge in [-0.3, -0.25) is 15.0 Å². The van der Waals surface area contributed by atoms with Crippen LogP contribution in [0.2, 0.25) is 0 Å². The van der Waals surface area contributed by atoms with E-state index >= 15 is 0 Å². The molecule has 4 rings (SSSR count). The predicted octanol–water partition coefficient (Wildman–Crippen LogP) is 2.08. The fourth-order valence-corrected chi connectivity index (χ4v) is 5.71. The van der Waals surface area contributed by atoms with E-state index in [-0.39, 0.29) is 24.4 Å². The Balaban J connectivity index is 1.51. The topological polar surface area (TPSA) is 109 Å². The van der Waals surface area contributed by atoms with E-state index in [0.717, 1.165) is 22.2 Å². The van der Waals surface area contributed by atoms with Gasteiger partial charge in [0.1, 0.15) is 17.6 Å². The lowest BCUT2D eigenvalue weighted by molar-refractivity contribution is -0.157. The van der Waals surface area contributed by atoms with Gasteiger partial charge < -0.3 is 10.1 Å². The van der Waals surface area contributed by atoms with Gasteiger partial charge in [-0.25, -0.2) is 13.5 Å². The molecule has 8 nitrogen and oxygen atoms in total. The summed E-state index contributed by atoms with van der Waals surface area (Å²) in [5.74, 6) is 0.537. The molecule has 162 valence electrons. The highest BCUT2D eigenvalue weighted by atomic mass is 32.2. The van der Waals surface area contributed by atoms with Crippen LogP contribution in [0.25, 0.3) is 10.9 Å². The number of pyridine rings is 1. The van der Waals surface area contributed by atoms with Gasteiger partial charge in [0.25, 0.3) is 0 Å². The maximum atomic E-state index is 13.0. The number of sulfone groups is 1. The monoisotopic (exact) mass is 441 g/mol. The molecule has 1 amide bonds. The average molecular weight is 442 g/mol. The molecule has 2 heterocycles. The molecule has 0 bridgehead atoms. The summed E-state index contributed by atoms with van der Waals surface area (Å²) in [5, 5.41) is 13.1. The number of carbonyl (C=O) groups excluding carboxylic acids is 1. The fraction of sp³-hybridized carbons (Fsp3) is 0.273. The summed E-state index contributed by atoms with van der Waals surface area (Å²) >= 11 is 0. The van der Waals surface area contributed by atoms with Crippen LogP contribution in [-0.4, -0.2) is 54.5 Å². The first kappa shape index (κ1) is 21.2. The number of para-hydroxylation sites is 1. The van der Waals surface area contributed by atoms with E-state index < -0.39 is 21.1 Å². The number of hydrogen-bond acceptors (Lipinski definition) is 7. The van der Waals surface area contributed by atoms with Gasteiger partial charge in [0.15, 0.2) is 9.84 Å². The normalized spacial score (nSPS) is 18.8. The maximum absolute atomic E-state index is 13.0. The molecule has 0 aliphatic carbocycles. The summed E-state index contributed by atoms with van der Waals surface area (Å²) < 4.78 is 31.9. The molecule has 0 spiro atoms. The Morgan fingerprint density at radius 1 is 1.19 bits per heavy atom. The Bertz CT molecular complexity index is 1200. The number of carbonyl (C=O) groups is 1. The van der Waals surface area contributed by atoms with Crippen molar-refractivity contribution in [3.05, 3.63) is 65.9 Å². The Kier molecular flexibility index (Phi) is 5.90.